The molecule has 0 spiro atoms. The van der Waals surface area contributed by atoms with Crippen LogP contribution < -0.4 is 5.73 Å². The van der Waals surface area contributed by atoms with E-state index in [1.165, 1.54) is 44.5 Å². The van der Waals surface area contributed by atoms with Crippen LogP contribution in [0.3, 0.4) is 0 Å². The first-order valence-corrected chi connectivity index (χ1v) is 7.19. The molecule has 0 amide bonds. The molecule has 2 nitrogen and oxygen atoms in total. The highest BCUT2D eigenvalue weighted by Crippen LogP contribution is 2.33. The smallest absolute Gasteiger partial charge is 0.0231 e. The van der Waals surface area contributed by atoms with Gasteiger partial charge in [0.05, 0.1) is 0 Å². The van der Waals surface area contributed by atoms with Gasteiger partial charge in [0.1, 0.15) is 0 Å². The van der Waals surface area contributed by atoms with Gasteiger partial charge in [-0.25, -0.2) is 0 Å². The molecule has 2 N–H and O–H groups in total. The Labute approximate surface area is 98.0 Å². The first-order valence-electron chi connectivity index (χ1n) is 6.20. The van der Waals surface area contributed by atoms with Crippen molar-refractivity contribution >= 4 is 11.8 Å². The lowest BCUT2D eigenvalue weighted by molar-refractivity contribution is 0.141. The Morgan fingerprint density at radius 2 is 2.13 bits per heavy atom. The van der Waals surface area contributed by atoms with Gasteiger partial charge < -0.3 is 5.73 Å². The van der Waals surface area contributed by atoms with Crippen molar-refractivity contribution in [2.45, 2.75) is 56.4 Å². The van der Waals surface area contributed by atoms with Crippen LogP contribution in [0.15, 0.2) is 0 Å². The van der Waals surface area contributed by atoms with Crippen molar-refractivity contribution in [2.75, 3.05) is 18.8 Å². The van der Waals surface area contributed by atoms with Crippen molar-refractivity contribution in [3.05, 3.63) is 0 Å². The summed E-state index contributed by atoms with van der Waals surface area (Å²) >= 11 is 2.12. The van der Waals surface area contributed by atoms with Gasteiger partial charge in [0, 0.05) is 35.7 Å². The summed E-state index contributed by atoms with van der Waals surface area (Å²) in [7, 11) is 0. The van der Waals surface area contributed by atoms with Crippen LogP contribution in [0.5, 0.6) is 0 Å². The standard InChI is InChI=1S/C12H24N2S/c1-12(2)9-14(6-7-15-12)11-5-3-4-10(13)8-11/h10-11H,3-9,13H2,1-2H3. The van der Waals surface area contributed by atoms with E-state index in [1.54, 1.807) is 0 Å². The topological polar surface area (TPSA) is 29.3 Å². The summed E-state index contributed by atoms with van der Waals surface area (Å²) in [5.74, 6) is 1.29. The fourth-order valence-electron chi connectivity index (χ4n) is 2.90. The summed E-state index contributed by atoms with van der Waals surface area (Å²) in [6.45, 7) is 7.25. The van der Waals surface area contributed by atoms with Gasteiger partial charge in [0.15, 0.2) is 0 Å². The lowest BCUT2D eigenvalue weighted by Gasteiger charge is -2.44. The van der Waals surface area contributed by atoms with E-state index in [1.807, 2.05) is 0 Å². The van der Waals surface area contributed by atoms with Crippen LogP contribution in [0.25, 0.3) is 0 Å². The van der Waals surface area contributed by atoms with Gasteiger partial charge >= 0.3 is 0 Å². The van der Waals surface area contributed by atoms with Crippen LogP contribution >= 0.6 is 11.8 Å². The number of rotatable bonds is 1. The third-order valence-corrected chi connectivity index (χ3v) is 4.96. The minimum atomic E-state index is 0.444. The predicted octanol–water partition coefficient (Wildman–Crippen LogP) is 2.08. The van der Waals surface area contributed by atoms with E-state index in [0.29, 0.717) is 10.8 Å². The average molecular weight is 228 g/mol. The van der Waals surface area contributed by atoms with Crippen molar-refractivity contribution in [2.24, 2.45) is 5.73 Å². The van der Waals surface area contributed by atoms with E-state index in [2.05, 4.69) is 30.5 Å². The number of nitrogens with zero attached hydrogens (tertiary/aromatic N) is 1. The zero-order chi connectivity index (χ0) is 10.9. The second kappa shape index (κ2) is 4.64. The molecule has 2 atom stereocenters. The van der Waals surface area contributed by atoms with E-state index in [4.69, 9.17) is 5.73 Å². The Bertz CT molecular complexity index is 218. The van der Waals surface area contributed by atoms with Gasteiger partial charge in [-0.3, -0.25) is 4.90 Å². The molecule has 3 heteroatoms. The van der Waals surface area contributed by atoms with Gasteiger partial charge in [-0.15, -0.1) is 0 Å². The second-order valence-corrected chi connectivity index (χ2v) is 7.46. The molecule has 0 aromatic rings. The third kappa shape index (κ3) is 3.11. The quantitative estimate of drug-likeness (QED) is 0.745. The van der Waals surface area contributed by atoms with Crippen LogP contribution in [-0.2, 0) is 0 Å². The van der Waals surface area contributed by atoms with Crippen molar-refractivity contribution in [3.63, 3.8) is 0 Å². The molecule has 0 aromatic heterocycles. The molecular formula is C12H24N2S. The Hall–Kier alpha value is 0.270. The van der Waals surface area contributed by atoms with E-state index in [9.17, 15) is 0 Å². The first kappa shape index (κ1) is 11.7. The summed E-state index contributed by atoms with van der Waals surface area (Å²) in [4.78, 5) is 2.69. The minimum Gasteiger partial charge on any atom is -0.328 e. The highest BCUT2D eigenvalue weighted by atomic mass is 32.2. The number of thioether (sulfide) groups is 1. The average Bonchev–Trinajstić information content (AvgIpc) is 2.16. The molecule has 1 heterocycles. The van der Waals surface area contributed by atoms with Crippen molar-refractivity contribution in [1.82, 2.24) is 4.90 Å². The summed E-state index contributed by atoms with van der Waals surface area (Å²) in [6, 6.07) is 1.23. The lowest BCUT2D eigenvalue weighted by atomic mass is 9.90. The molecule has 2 rings (SSSR count). The molecule has 1 aliphatic heterocycles. The molecule has 2 unspecified atom stereocenters. The molecule has 0 bridgehead atoms. The third-order valence-electron chi connectivity index (χ3n) is 3.66. The Balaban J connectivity index is 1.92. The Morgan fingerprint density at radius 3 is 2.80 bits per heavy atom. The van der Waals surface area contributed by atoms with E-state index < -0.39 is 0 Å². The fourth-order valence-corrected chi connectivity index (χ4v) is 4.03. The molecule has 1 saturated carbocycles. The highest BCUT2D eigenvalue weighted by Gasteiger charge is 2.32. The van der Waals surface area contributed by atoms with Crippen molar-refractivity contribution < 1.29 is 0 Å². The summed E-state index contributed by atoms with van der Waals surface area (Å²) in [5, 5.41) is 0. The minimum absolute atomic E-state index is 0.444. The van der Waals surface area contributed by atoms with Gasteiger partial charge in [0.25, 0.3) is 0 Å². The predicted molar refractivity (Wildman–Crippen MR) is 68.3 cm³/mol. The summed E-state index contributed by atoms with van der Waals surface area (Å²) < 4.78 is 0.444. The van der Waals surface area contributed by atoms with Crippen LogP contribution in [0, 0.1) is 0 Å². The van der Waals surface area contributed by atoms with Crippen LogP contribution in [0.2, 0.25) is 0 Å². The van der Waals surface area contributed by atoms with E-state index >= 15 is 0 Å². The van der Waals surface area contributed by atoms with Crippen LogP contribution in [0.4, 0.5) is 0 Å². The lowest BCUT2D eigenvalue weighted by Crippen LogP contribution is -2.50. The van der Waals surface area contributed by atoms with E-state index in [-0.39, 0.29) is 0 Å². The maximum Gasteiger partial charge on any atom is 0.0231 e. The fraction of sp³-hybridized carbons (Fsp3) is 1.00. The van der Waals surface area contributed by atoms with Gasteiger partial charge in [-0.1, -0.05) is 6.42 Å². The second-order valence-electron chi connectivity index (χ2n) is 5.66. The van der Waals surface area contributed by atoms with Crippen molar-refractivity contribution in [1.29, 1.82) is 0 Å². The molecule has 1 aliphatic carbocycles. The molecule has 2 aliphatic rings. The Morgan fingerprint density at radius 1 is 1.33 bits per heavy atom. The SMILES string of the molecule is CC1(C)CN(C2CCCC(N)C2)CCS1. The molecule has 1 saturated heterocycles. The highest BCUT2D eigenvalue weighted by molar-refractivity contribution is 8.00. The van der Waals surface area contributed by atoms with Gasteiger partial charge in [0.2, 0.25) is 0 Å². The number of hydrogen-bond acceptors (Lipinski definition) is 3. The maximum absolute atomic E-state index is 6.07. The molecule has 88 valence electrons. The number of nitrogens with two attached hydrogens (primary N) is 1. The molecule has 15 heavy (non-hydrogen) atoms. The monoisotopic (exact) mass is 228 g/mol. The molecule has 0 aromatic carbocycles. The molecular weight excluding hydrogens is 204 g/mol. The summed E-state index contributed by atoms with van der Waals surface area (Å²) in [6.07, 6.45) is 5.16. The summed E-state index contributed by atoms with van der Waals surface area (Å²) in [5.41, 5.74) is 6.07. The maximum atomic E-state index is 6.07. The van der Waals surface area contributed by atoms with Crippen LogP contribution in [0.1, 0.15) is 39.5 Å². The van der Waals surface area contributed by atoms with E-state index in [0.717, 1.165) is 6.04 Å². The van der Waals surface area contributed by atoms with Crippen LogP contribution in [-0.4, -0.2) is 40.6 Å². The first-order chi connectivity index (χ1) is 7.07. The largest absolute Gasteiger partial charge is 0.328 e. The number of hydrogen-bond donors (Lipinski definition) is 1. The zero-order valence-corrected chi connectivity index (χ0v) is 10.9. The van der Waals surface area contributed by atoms with Gasteiger partial charge in [-0.05, 0) is 33.1 Å². The zero-order valence-electron chi connectivity index (χ0n) is 10.0. The Kier molecular flexibility index (Phi) is 3.63. The molecule has 2 fully saturated rings. The van der Waals surface area contributed by atoms with Crippen molar-refractivity contribution in [3.8, 4) is 0 Å². The molecule has 0 radical (unpaired) electrons. The normalized spacial score (nSPS) is 37.8. The van der Waals surface area contributed by atoms with Gasteiger partial charge in [-0.2, -0.15) is 11.8 Å².